The summed E-state index contributed by atoms with van der Waals surface area (Å²) in [6, 6.07) is 15.6. The van der Waals surface area contributed by atoms with Crippen molar-refractivity contribution in [1.29, 1.82) is 0 Å². The average Bonchev–Trinajstić information content (AvgIpc) is 2.93. The van der Waals surface area contributed by atoms with Crippen molar-refractivity contribution in [3.8, 4) is 5.75 Å². The third-order valence-corrected chi connectivity index (χ3v) is 4.52. The zero-order chi connectivity index (χ0) is 18.0. The minimum Gasteiger partial charge on any atom is -0.492 e. The minimum atomic E-state index is -0.691. The summed E-state index contributed by atoms with van der Waals surface area (Å²) >= 11 is 0. The van der Waals surface area contributed by atoms with Crippen molar-refractivity contribution in [2.75, 3.05) is 11.9 Å². The first-order valence-electron chi connectivity index (χ1n) is 8.56. The van der Waals surface area contributed by atoms with Crippen LogP contribution in [0.5, 0.6) is 5.75 Å². The number of aromatic nitrogens is 1. The Kier molecular flexibility index (Phi) is 4.53. The van der Waals surface area contributed by atoms with E-state index in [0.29, 0.717) is 18.0 Å². The summed E-state index contributed by atoms with van der Waals surface area (Å²) in [4.78, 5) is 16.5. The lowest BCUT2D eigenvalue weighted by atomic mass is 9.81. The number of benzene rings is 2. The maximum atomic E-state index is 13.1. The summed E-state index contributed by atoms with van der Waals surface area (Å²) in [5.41, 5.74) is 3.09. The molecule has 0 radical (unpaired) electrons. The van der Waals surface area contributed by atoms with Crippen LogP contribution < -0.4 is 10.1 Å². The number of carbonyl (C=O) groups is 1. The number of aromatic amines is 1. The Bertz CT molecular complexity index is 909. The monoisotopic (exact) mass is 336 g/mol. The largest absolute Gasteiger partial charge is 0.492 e. The molecule has 2 aromatic carbocycles. The highest BCUT2D eigenvalue weighted by Crippen LogP contribution is 2.35. The Morgan fingerprint density at radius 3 is 2.56 bits per heavy atom. The molecule has 0 aliphatic carbocycles. The SMILES string of the molecule is CCOc1ccccc1NC(=O)C(C)(C)c1c(C)[nH]c2ccccc12. The number of para-hydroxylation sites is 3. The zero-order valence-corrected chi connectivity index (χ0v) is 15.1. The van der Waals surface area contributed by atoms with E-state index in [0.717, 1.165) is 22.2 Å². The van der Waals surface area contributed by atoms with Crippen molar-refractivity contribution in [2.24, 2.45) is 0 Å². The van der Waals surface area contributed by atoms with E-state index in [1.165, 1.54) is 0 Å². The van der Waals surface area contributed by atoms with Crippen LogP contribution in [0.4, 0.5) is 5.69 Å². The van der Waals surface area contributed by atoms with Crippen LogP contribution in [0, 0.1) is 6.92 Å². The molecule has 130 valence electrons. The minimum absolute atomic E-state index is 0.0625. The quantitative estimate of drug-likeness (QED) is 0.704. The fourth-order valence-electron chi connectivity index (χ4n) is 3.33. The third kappa shape index (κ3) is 3.12. The summed E-state index contributed by atoms with van der Waals surface area (Å²) in [7, 11) is 0. The highest BCUT2D eigenvalue weighted by Gasteiger charge is 2.34. The second-order valence-electron chi connectivity index (χ2n) is 6.68. The number of rotatable bonds is 5. The van der Waals surface area contributed by atoms with E-state index in [-0.39, 0.29) is 5.91 Å². The number of nitrogens with one attached hydrogen (secondary N) is 2. The van der Waals surface area contributed by atoms with E-state index in [9.17, 15) is 4.79 Å². The van der Waals surface area contributed by atoms with Crippen molar-refractivity contribution in [1.82, 2.24) is 4.98 Å². The number of H-pyrrole nitrogens is 1. The second kappa shape index (κ2) is 6.63. The number of fused-ring (bicyclic) bond motifs is 1. The molecule has 0 unspecified atom stereocenters. The van der Waals surface area contributed by atoms with E-state index in [1.807, 2.05) is 70.2 Å². The van der Waals surface area contributed by atoms with Crippen LogP contribution in [-0.2, 0) is 10.2 Å². The number of hydrogen-bond acceptors (Lipinski definition) is 2. The lowest BCUT2D eigenvalue weighted by Crippen LogP contribution is -2.35. The summed E-state index contributed by atoms with van der Waals surface area (Å²) in [6.07, 6.45) is 0. The van der Waals surface area contributed by atoms with Crippen molar-refractivity contribution in [2.45, 2.75) is 33.1 Å². The molecule has 0 saturated carbocycles. The van der Waals surface area contributed by atoms with E-state index < -0.39 is 5.41 Å². The fourth-order valence-corrected chi connectivity index (χ4v) is 3.33. The zero-order valence-electron chi connectivity index (χ0n) is 15.1. The van der Waals surface area contributed by atoms with Gasteiger partial charge in [0.2, 0.25) is 5.91 Å². The molecule has 4 heteroatoms. The molecule has 1 aromatic heterocycles. The van der Waals surface area contributed by atoms with Gasteiger partial charge in [-0.05, 0) is 51.5 Å². The molecule has 0 aliphatic rings. The topological polar surface area (TPSA) is 54.1 Å². The molecule has 0 aliphatic heterocycles. The molecular formula is C21H24N2O2. The molecule has 0 saturated heterocycles. The first kappa shape index (κ1) is 17.1. The van der Waals surface area contributed by atoms with Gasteiger partial charge in [0.15, 0.2) is 0 Å². The predicted octanol–water partition coefficient (Wildman–Crippen LogP) is 4.79. The highest BCUT2D eigenvalue weighted by atomic mass is 16.5. The summed E-state index contributed by atoms with van der Waals surface area (Å²) in [6.45, 7) is 8.40. The van der Waals surface area contributed by atoms with E-state index >= 15 is 0 Å². The normalized spacial score (nSPS) is 11.5. The smallest absolute Gasteiger partial charge is 0.234 e. The fraction of sp³-hybridized carbons (Fsp3) is 0.286. The number of amides is 1. The Labute approximate surface area is 148 Å². The Morgan fingerprint density at radius 2 is 1.80 bits per heavy atom. The first-order valence-corrected chi connectivity index (χ1v) is 8.56. The van der Waals surface area contributed by atoms with Gasteiger partial charge in [0, 0.05) is 16.6 Å². The predicted molar refractivity (Wildman–Crippen MR) is 102 cm³/mol. The summed E-state index contributed by atoms with van der Waals surface area (Å²) < 4.78 is 5.61. The van der Waals surface area contributed by atoms with Gasteiger partial charge in [-0.2, -0.15) is 0 Å². The van der Waals surface area contributed by atoms with Gasteiger partial charge in [0.25, 0.3) is 0 Å². The number of aryl methyl sites for hydroxylation is 1. The van der Waals surface area contributed by atoms with Crippen LogP contribution in [0.15, 0.2) is 48.5 Å². The van der Waals surface area contributed by atoms with E-state index in [2.05, 4.69) is 16.4 Å². The Morgan fingerprint density at radius 1 is 1.12 bits per heavy atom. The van der Waals surface area contributed by atoms with Gasteiger partial charge in [-0.25, -0.2) is 0 Å². The van der Waals surface area contributed by atoms with Gasteiger partial charge in [-0.1, -0.05) is 30.3 Å². The van der Waals surface area contributed by atoms with Gasteiger partial charge >= 0.3 is 0 Å². The number of anilines is 1. The van der Waals surface area contributed by atoms with Crippen molar-refractivity contribution >= 4 is 22.5 Å². The average molecular weight is 336 g/mol. The molecule has 0 bridgehead atoms. The van der Waals surface area contributed by atoms with Gasteiger partial charge < -0.3 is 15.0 Å². The van der Waals surface area contributed by atoms with Crippen LogP contribution in [0.25, 0.3) is 10.9 Å². The van der Waals surface area contributed by atoms with Crippen LogP contribution in [0.3, 0.4) is 0 Å². The van der Waals surface area contributed by atoms with Crippen LogP contribution in [0.2, 0.25) is 0 Å². The summed E-state index contributed by atoms with van der Waals surface area (Å²) in [5, 5.41) is 4.12. The Balaban J connectivity index is 1.97. The van der Waals surface area contributed by atoms with Gasteiger partial charge in [0.1, 0.15) is 5.75 Å². The molecule has 25 heavy (non-hydrogen) atoms. The van der Waals surface area contributed by atoms with Gasteiger partial charge in [0.05, 0.1) is 17.7 Å². The molecule has 0 fully saturated rings. The molecule has 3 rings (SSSR count). The maximum Gasteiger partial charge on any atom is 0.234 e. The molecule has 0 spiro atoms. The van der Waals surface area contributed by atoms with Gasteiger partial charge in [-0.15, -0.1) is 0 Å². The second-order valence-corrected chi connectivity index (χ2v) is 6.68. The van der Waals surface area contributed by atoms with Crippen LogP contribution in [-0.4, -0.2) is 17.5 Å². The van der Waals surface area contributed by atoms with Crippen LogP contribution >= 0.6 is 0 Å². The molecular weight excluding hydrogens is 312 g/mol. The molecule has 0 atom stereocenters. The lowest BCUT2D eigenvalue weighted by molar-refractivity contribution is -0.120. The van der Waals surface area contributed by atoms with E-state index in [1.54, 1.807) is 0 Å². The maximum absolute atomic E-state index is 13.1. The van der Waals surface area contributed by atoms with Crippen LogP contribution in [0.1, 0.15) is 32.0 Å². The molecule has 4 nitrogen and oxygen atoms in total. The van der Waals surface area contributed by atoms with Crippen molar-refractivity contribution < 1.29 is 9.53 Å². The summed E-state index contributed by atoms with van der Waals surface area (Å²) in [5.74, 6) is 0.623. The molecule has 1 amide bonds. The molecule has 3 aromatic rings. The lowest BCUT2D eigenvalue weighted by Gasteiger charge is -2.25. The highest BCUT2D eigenvalue weighted by molar-refractivity contribution is 6.03. The molecule has 1 heterocycles. The number of carbonyl (C=O) groups excluding carboxylic acids is 1. The van der Waals surface area contributed by atoms with Crippen molar-refractivity contribution in [3.63, 3.8) is 0 Å². The number of hydrogen-bond donors (Lipinski definition) is 2. The third-order valence-electron chi connectivity index (χ3n) is 4.52. The van der Waals surface area contributed by atoms with Crippen molar-refractivity contribution in [3.05, 3.63) is 59.8 Å². The molecule has 2 N–H and O–H groups in total. The first-order chi connectivity index (χ1) is 11.9. The Hall–Kier alpha value is -2.75. The number of ether oxygens (including phenoxy) is 1. The van der Waals surface area contributed by atoms with E-state index in [4.69, 9.17) is 4.74 Å². The standard InChI is InChI=1S/C21H24N2O2/c1-5-25-18-13-9-8-12-17(18)23-20(24)21(3,4)19-14(2)22-16-11-7-6-10-15(16)19/h6-13,22H,5H2,1-4H3,(H,23,24). The van der Waals surface area contributed by atoms with Gasteiger partial charge in [-0.3, -0.25) is 4.79 Å².